The lowest BCUT2D eigenvalue weighted by molar-refractivity contribution is -0.125. The Labute approximate surface area is 263 Å². The molecule has 1 fully saturated rings. The van der Waals surface area contributed by atoms with Crippen LogP contribution in [0.25, 0.3) is 0 Å². The summed E-state index contributed by atoms with van der Waals surface area (Å²) in [6, 6.07) is 6.85. The van der Waals surface area contributed by atoms with E-state index in [1.165, 1.54) is 0 Å². The first-order chi connectivity index (χ1) is 20.6. The maximum atomic E-state index is 13.9. The van der Waals surface area contributed by atoms with Gasteiger partial charge in [-0.2, -0.15) is 0 Å². The number of aliphatic hydroxyl groups is 1. The lowest BCUT2D eigenvalue weighted by atomic mass is 9.79. The fourth-order valence-electron chi connectivity index (χ4n) is 5.70. The highest BCUT2D eigenvalue weighted by molar-refractivity contribution is 5.95. The van der Waals surface area contributed by atoms with Crippen molar-refractivity contribution in [3.05, 3.63) is 29.8 Å². The Hall–Kier alpha value is -3.14. The first kappa shape index (κ1) is 35.3. The number of hydrogen-bond donors (Lipinski definition) is 4. The number of carbonyl (C=O) groups is 4. The number of nitrogens with one attached hydrogen (secondary N) is 3. The minimum Gasteiger partial charge on any atom is -0.444 e. The number of amides is 4. The molecule has 3 rings (SSSR count). The molecule has 1 unspecified atom stereocenters. The van der Waals surface area contributed by atoms with Gasteiger partial charge in [0.1, 0.15) is 5.60 Å². The van der Waals surface area contributed by atoms with E-state index in [2.05, 4.69) is 16.0 Å². The van der Waals surface area contributed by atoms with Crippen LogP contribution >= 0.6 is 0 Å². The van der Waals surface area contributed by atoms with Crippen LogP contribution in [0.5, 0.6) is 0 Å². The van der Waals surface area contributed by atoms with Gasteiger partial charge in [0, 0.05) is 37.0 Å². The molecule has 0 bridgehead atoms. The summed E-state index contributed by atoms with van der Waals surface area (Å²) in [6.45, 7) is 13.9. The number of alkyl carbamates (subject to hydrolysis) is 1. The number of carbonyl (C=O) groups excluding carboxylic acids is 4. The summed E-state index contributed by atoms with van der Waals surface area (Å²) in [7, 11) is 0. The summed E-state index contributed by atoms with van der Waals surface area (Å²) in [6.07, 6.45) is 3.20. The van der Waals surface area contributed by atoms with Gasteiger partial charge in [-0.1, -0.05) is 52.3 Å². The average molecular weight is 615 g/mol. The molecule has 1 aliphatic carbocycles. The van der Waals surface area contributed by atoms with E-state index in [4.69, 9.17) is 4.74 Å². The molecular weight excluding hydrogens is 560 g/mol. The summed E-state index contributed by atoms with van der Waals surface area (Å²) in [5, 5.41) is 20.2. The predicted octanol–water partition coefficient (Wildman–Crippen LogP) is 4.47. The van der Waals surface area contributed by atoms with E-state index < -0.39 is 35.2 Å². The molecule has 10 heteroatoms. The van der Waals surface area contributed by atoms with E-state index in [1.807, 2.05) is 45.0 Å². The second-order valence-electron chi connectivity index (χ2n) is 14.5. The van der Waals surface area contributed by atoms with E-state index in [-0.39, 0.29) is 48.9 Å². The van der Waals surface area contributed by atoms with Crippen LogP contribution in [-0.2, 0) is 25.5 Å². The minimum atomic E-state index is -1.04. The number of ether oxygens (including phenoxy) is 1. The Morgan fingerprint density at radius 1 is 1.09 bits per heavy atom. The summed E-state index contributed by atoms with van der Waals surface area (Å²) < 4.78 is 5.48. The van der Waals surface area contributed by atoms with E-state index in [1.54, 1.807) is 32.6 Å². The Morgan fingerprint density at radius 3 is 2.41 bits per heavy atom. The van der Waals surface area contributed by atoms with Crippen LogP contribution in [0.1, 0.15) is 99.0 Å². The summed E-state index contributed by atoms with van der Waals surface area (Å²) in [5.74, 6) is -0.569. The number of hydrogen-bond acceptors (Lipinski definition) is 6. The van der Waals surface area contributed by atoms with Crippen molar-refractivity contribution in [1.82, 2.24) is 16.0 Å². The van der Waals surface area contributed by atoms with Gasteiger partial charge in [-0.15, -0.1) is 0 Å². The van der Waals surface area contributed by atoms with Crippen molar-refractivity contribution in [2.24, 2.45) is 17.3 Å². The van der Waals surface area contributed by atoms with Crippen LogP contribution in [0.2, 0.25) is 0 Å². The zero-order chi connectivity index (χ0) is 32.7. The molecular formula is C34H54N4O6. The van der Waals surface area contributed by atoms with Crippen LogP contribution in [0, 0.1) is 17.3 Å². The monoisotopic (exact) mass is 614 g/mol. The summed E-state index contributed by atoms with van der Waals surface area (Å²) >= 11 is 0. The minimum absolute atomic E-state index is 0.0560. The average Bonchev–Trinajstić information content (AvgIpc) is 3.76. The molecule has 1 aliphatic heterocycles. The third-order valence-electron chi connectivity index (χ3n) is 8.19. The number of rotatable bonds is 14. The molecule has 0 radical (unpaired) electrons. The van der Waals surface area contributed by atoms with Gasteiger partial charge in [0.05, 0.1) is 18.2 Å². The third-order valence-corrected chi connectivity index (χ3v) is 8.19. The van der Waals surface area contributed by atoms with Crippen molar-refractivity contribution in [3.8, 4) is 0 Å². The fourth-order valence-corrected chi connectivity index (χ4v) is 5.70. The smallest absolute Gasteiger partial charge is 0.407 e. The second kappa shape index (κ2) is 15.2. The Kier molecular flexibility index (Phi) is 12.2. The van der Waals surface area contributed by atoms with E-state index in [9.17, 15) is 24.3 Å². The van der Waals surface area contributed by atoms with Crippen molar-refractivity contribution >= 4 is 29.5 Å². The molecule has 4 atom stereocenters. The van der Waals surface area contributed by atoms with Gasteiger partial charge < -0.3 is 30.7 Å². The zero-order valence-electron chi connectivity index (χ0n) is 27.7. The highest BCUT2D eigenvalue weighted by Gasteiger charge is 2.38. The number of nitrogens with zero attached hydrogens (tertiary/aromatic N) is 1. The summed E-state index contributed by atoms with van der Waals surface area (Å²) in [5.41, 5.74) is 0.488. The third kappa shape index (κ3) is 11.1. The van der Waals surface area contributed by atoms with Crippen LogP contribution in [-0.4, -0.2) is 65.8 Å². The molecule has 1 aromatic rings. The van der Waals surface area contributed by atoms with E-state index in [0.29, 0.717) is 19.5 Å². The SMILES string of the molecule is CCCCNC(=O)[C@H](C)C[C@H](O)[C@H](CC(C)(C)CC(=O)N1CC(NC(=O)C2CC2)Cc2ccccc21)NC(=O)OC(C)(C)C. The van der Waals surface area contributed by atoms with Crippen molar-refractivity contribution in [2.75, 3.05) is 18.0 Å². The number of unbranched alkanes of at least 4 members (excludes halogenated alkanes) is 1. The van der Waals surface area contributed by atoms with Crippen LogP contribution < -0.4 is 20.9 Å². The first-order valence-corrected chi connectivity index (χ1v) is 16.2. The lowest BCUT2D eigenvalue weighted by Gasteiger charge is -2.38. The zero-order valence-corrected chi connectivity index (χ0v) is 27.7. The standard InChI is InChI=1S/C34H54N4O6/c1-8-9-16-35-30(41)22(2)17-28(39)26(37-32(43)44-33(3,4)5)19-34(6,7)20-29(40)38-21-25(36-31(42)23-14-15-23)18-24-12-10-11-13-27(24)38/h10-13,22-23,25-26,28,39H,8-9,14-21H2,1-7H3,(H,35,41)(H,36,42)(H,37,43)/t22-,25?,26+,28+/m1/s1. The number of anilines is 1. The summed E-state index contributed by atoms with van der Waals surface area (Å²) in [4.78, 5) is 53.6. The normalized spacial score (nSPS) is 18.8. The van der Waals surface area contributed by atoms with Gasteiger partial charge in [-0.25, -0.2) is 4.79 Å². The van der Waals surface area contributed by atoms with Crippen LogP contribution in [0.3, 0.4) is 0 Å². The molecule has 246 valence electrons. The molecule has 4 N–H and O–H groups in total. The highest BCUT2D eigenvalue weighted by atomic mass is 16.6. The largest absolute Gasteiger partial charge is 0.444 e. The molecule has 0 aromatic heterocycles. The molecule has 1 aromatic carbocycles. The Morgan fingerprint density at radius 2 is 1.77 bits per heavy atom. The van der Waals surface area contributed by atoms with Gasteiger partial charge in [-0.3, -0.25) is 14.4 Å². The maximum absolute atomic E-state index is 13.9. The highest BCUT2D eigenvalue weighted by Crippen LogP contribution is 2.34. The van der Waals surface area contributed by atoms with Gasteiger partial charge in [-0.05, 0) is 76.3 Å². The molecule has 1 heterocycles. The molecule has 0 spiro atoms. The van der Waals surface area contributed by atoms with Gasteiger partial charge in [0.15, 0.2) is 0 Å². The first-order valence-electron chi connectivity index (χ1n) is 16.2. The predicted molar refractivity (Wildman–Crippen MR) is 171 cm³/mol. The molecule has 2 aliphatic rings. The Bertz CT molecular complexity index is 1160. The molecule has 1 saturated carbocycles. The van der Waals surface area contributed by atoms with Crippen LogP contribution in [0.15, 0.2) is 24.3 Å². The molecule has 44 heavy (non-hydrogen) atoms. The van der Waals surface area contributed by atoms with E-state index in [0.717, 1.165) is 36.9 Å². The Balaban J connectivity index is 1.72. The van der Waals surface area contributed by atoms with E-state index >= 15 is 0 Å². The quantitative estimate of drug-likeness (QED) is 0.228. The second-order valence-corrected chi connectivity index (χ2v) is 14.5. The van der Waals surface area contributed by atoms with Gasteiger partial charge >= 0.3 is 6.09 Å². The van der Waals surface area contributed by atoms with Crippen molar-refractivity contribution < 1.29 is 29.0 Å². The maximum Gasteiger partial charge on any atom is 0.407 e. The van der Waals surface area contributed by atoms with Crippen molar-refractivity contribution in [3.63, 3.8) is 0 Å². The van der Waals surface area contributed by atoms with Crippen molar-refractivity contribution in [1.29, 1.82) is 0 Å². The lowest BCUT2D eigenvalue weighted by Crippen LogP contribution is -2.52. The fraction of sp³-hybridized carbons (Fsp3) is 0.706. The van der Waals surface area contributed by atoms with Crippen molar-refractivity contribution in [2.45, 2.75) is 124 Å². The topological polar surface area (TPSA) is 137 Å². The molecule has 4 amide bonds. The number of para-hydroxylation sites is 1. The number of aliphatic hydroxyl groups excluding tert-OH is 1. The number of fused-ring (bicyclic) bond motifs is 1. The van der Waals surface area contributed by atoms with Gasteiger partial charge in [0.25, 0.3) is 0 Å². The van der Waals surface area contributed by atoms with Crippen LogP contribution in [0.4, 0.5) is 10.5 Å². The number of benzene rings is 1. The molecule has 0 saturated heterocycles. The molecule has 10 nitrogen and oxygen atoms in total. The van der Waals surface area contributed by atoms with Gasteiger partial charge in [0.2, 0.25) is 17.7 Å².